The van der Waals surface area contributed by atoms with Crippen molar-refractivity contribution >= 4 is 0 Å². The molecule has 1 rings (SSSR count). The lowest BCUT2D eigenvalue weighted by Crippen LogP contribution is -2.00. The molecule has 1 nitrogen and oxygen atoms in total. The Morgan fingerprint density at radius 1 is 0.909 bits per heavy atom. The number of aliphatic hydroxyl groups excluding tert-OH is 1. The fourth-order valence-electron chi connectivity index (χ4n) is 2.82. The predicted molar refractivity (Wildman–Crippen MR) is 97.9 cm³/mol. The molecule has 1 N–H and O–H groups in total. The third-order valence-corrected chi connectivity index (χ3v) is 4.52. The highest BCUT2D eigenvalue weighted by molar-refractivity contribution is 5.07. The fraction of sp³-hybridized carbons (Fsp3) is 0.714. The minimum atomic E-state index is -0.266. The van der Waals surface area contributed by atoms with Gasteiger partial charge in [0, 0.05) is 0 Å². The summed E-state index contributed by atoms with van der Waals surface area (Å²) in [6, 6.07) is 0. The first kappa shape index (κ1) is 19.2. The van der Waals surface area contributed by atoms with Crippen LogP contribution in [0.3, 0.4) is 0 Å². The summed E-state index contributed by atoms with van der Waals surface area (Å²) in [5.41, 5.74) is 0. The number of hydrogen-bond acceptors (Lipinski definition) is 1. The van der Waals surface area contributed by atoms with Crippen molar-refractivity contribution < 1.29 is 5.11 Å². The zero-order valence-electron chi connectivity index (χ0n) is 14.7. The maximum absolute atomic E-state index is 9.77. The highest BCUT2D eigenvalue weighted by Gasteiger charge is 2.34. The molecule has 1 aliphatic rings. The molecule has 0 bridgehead atoms. The molecule has 0 aromatic heterocycles. The van der Waals surface area contributed by atoms with Crippen LogP contribution >= 0.6 is 0 Å². The monoisotopic (exact) mass is 304 g/mol. The van der Waals surface area contributed by atoms with Crippen LogP contribution in [0.5, 0.6) is 0 Å². The Morgan fingerprint density at radius 3 is 2.36 bits per heavy atom. The van der Waals surface area contributed by atoms with E-state index in [1.807, 2.05) is 12.2 Å². The Hall–Kier alpha value is -0.820. The summed E-state index contributed by atoms with van der Waals surface area (Å²) in [7, 11) is 0. The maximum Gasteiger partial charge on any atom is 0.0723 e. The van der Waals surface area contributed by atoms with Crippen LogP contribution in [0.15, 0.2) is 36.5 Å². The standard InChI is InChI=1S/C21H36O/c1-3-5-7-8-11-14-19-18-20(19)15-12-9-13-17-21(22)16-10-6-4-2/h8-9,11-13,17,19-22H,3-7,10,14-16,18H2,1-2H3/b11-8-,12-9-,17-13+/t19-,20+,21+/m1/s1. The van der Waals surface area contributed by atoms with E-state index >= 15 is 0 Å². The van der Waals surface area contributed by atoms with Gasteiger partial charge in [0.05, 0.1) is 6.10 Å². The van der Waals surface area contributed by atoms with Gasteiger partial charge in [-0.25, -0.2) is 0 Å². The molecule has 0 aromatic carbocycles. The number of aliphatic hydroxyl groups is 1. The predicted octanol–water partition coefficient (Wildman–Crippen LogP) is 6.20. The summed E-state index contributed by atoms with van der Waals surface area (Å²) in [5.74, 6) is 1.82. The van der Waals surface area contributed by atoms with Crippen molar-refractivity contribution in [2.75, 3.05) is 0 Å². The molecule has 1 saturated carbocycles. The van der Waals surface area contributed by atoms with E-state index in [1.165, 1.54) is 51.4 Å². The van der Waals surface area contributed by atoms with Crippen molar-refractivity contribution in [3.05, 3.63) is 36.5 Å². The maximum atomic E-state index is 9.77. The number of rotatable bonds is 13. The Balaban J connectivity index is 2.01. The normalized spacial score (nSPS) is 23.0. The summed E-state index contributed by atoms with van der Waals surface area (Å²) in [6.07, 6.45) is 25.0. The summed E-state index contributed by atoms with van der Waals surface area (Å²) >= 11 is 0. The molecule has 22 heavy (non-hydrogen) atoms. The first-order valence-electron chi connectivity index (χ1n) is 9.44. The smallest absolute Gasteiger partial charge is 0.0723 e. The second kappa shape index (κ2) is 12.7. The van der Waals surface area contributed by atoms with Gasteiger partial charge in [-0.3, -0.25) is 0 Å². The van der Waals surface area contributed by atoms with Crippen LogP contribution in [-0.4, -0.2) is 11.2 Å². The van der Waals surface area contributed by atoms with Gasteiger partial charge in [-0.2, -0.15) is 0 Å². The lowest BCUT2D eigenvalue weighted by atomic mass is 10.1. The minimum absolute atomic E-state index is 0.266. The molecule has 1 fully saturated rings. The van der Waals surface area contributed by atoms with Gasteiger partial charge in [0.15, 0.2) is 0 Å². The van der Waals surface area contributed by atoms with E-state index in [9.17, 15) is 5.11 Å². The molecular weight excluding hydrogens is 268 g/mol. The molecule has 0 amide bonds. The zero-order chi connectivity index (χ0) is 16.0. The van der Waals surface area contributed by atoms with Gasteiger partial charge in [0.1, 0.15) is 0 Å². The Labute approximate surface area is 138 Å². The van der Waals surface area contributed by atoms with Gasteiger partial charge in [-0.1, -0.05) is 82.4 Å². The van der Waals surface area contributed by atoms with E-state index in [-0.39, 0.29) is 6.10 Å². The third-order valence-electron chi connectivity index (χ3n) is 4.52. The van der Waals surface area contributed by atoms with E-state index in [4.69, 9.17) is 0 Å². The molecule has 0 saturated heterocycles. The molecule has 0 radical (unpaired) electrons. The molecule has 0 spiro atoms. The van der Waals surface area contributed by atoms with E-state index in [2.05, 4.69) is 38.2 Å². The number of unbranched alkanes of at least 4 members (excludes halogenated alkanes) is 4. The molecular formula is C21H36O. The third kappa shape index (κ3) is 10.00. The zero-order valence-corrected chi connectivity index (χ0v) is 14.7. The van der Waals surface area contributed by atoms with E-state index < -0.39 is 0 Å². The van der Waals surface area contributed by atoms with Gasteiger partial charge in [-0.05, 0) is 43.9 Å². The largest absolute Gasteiger partial charge is 0.389 e. The minimum Gasteiger partial charge on any atom is -0.389 e. The molecule has 1 heteroatoms. The second-order valence-corrected chi connectivity index (χ2v) is 6.72. The van der Waals surface area contributed by atoms with Crippen molar-refractivity contribution in [2.45, 2.75) is 84.2 Å². The van der Waals surface area contributed by atoms with Crippen LogP contribution in [0.25, 0.3) is 0 Å². The average molecular weight is 305 g/mol. The van der Waals surface area contributed by atoms with Crippen molar-refractivity contribution in [3.63, 3.8) is 0 Å². The lowest BCUT2D eigenvalue weighted by Gasteiger charge is -2.03. The summed E-state index contributed by atoms with van der Waals surface area (Å²) < 4.78 is 0. The lowest BCUT2D eigenvalue weighted by molar-refractivity contribution is 0.208. The van der Waals surface area contributed by atoms with Crippen LogP contribution in [0.2, 0.25) is 0 Å². The van der Waals surface area contributed by atoms with E-state index in [0.29, 0.717) is 0 Å². The van der Waals surface area contributed by atoms with Gasteiger partial charge in [0.2, 0.25) is 0 Å². The van der Waals surface area contributed by atoms with Crippen molar-refractivity contribution in [2.24, 2.45) is 11.8 Å². The molecule has 0 aliphatic heterocycles. The first-order valence-corrected chi connectivity index (χ1v) is 9.44. The first-order chi connectivity index (χ1) is 10.8. The van der Waals surface area contributed by atoms with Crippen molar-refractivity contribution in [1.82, 2.24) is 0 Å². The van der Waals surface area contributed by atoms with Crippen LogP contribution in [0, 0.1) is 11.8 Å². The van der Waals surface area contributed by atoms with Gasteiger partial charge < -0.3 is 5.11 Å². The molecule has 1 aliphatic carbocycles. The van der Waals surface area contributed by atoms with Crippen molar-refractivity contribution in [1.29, 1.82) is 0 Å². The van der Waals surface area contributed by atoms with E-state index in [0.717, 1.165) is 24.7 Å². The molecule has 0 aromatic rings. The highest BCUT2D eigenvalue weighted by atomic mass is 16.3. The topological polar surface area (TPSA) is 20.2 Å². The Bertz CT molecular complexity index is 340. The Kier molecular flexibility index (Phi) is 11.1. The van der Waals surface area contributed by atoms with E-state index in [1.54, 1.807) is 0 Å². The van der Waals surface area contributed by atoms with Crippen LogP contribution in [0.4, 0.5) is 0 Å². The molecule has 126 valence electrons. The summed E-state index contributed by atoms with van der Waals surface area (Å²) in [4.78, 5) is 0. The highest BCUT2D eigenvalue weighted by Crippen LogP contribution is 2.44. The molecule has 3 atom stereocenters. The van der Waals surface area contributed by atoms with Gasteiger partial charge in [-0.15, -0.1) is 0 Å². The van der Waals surface area contributed by atoms with Crippen molar-refractivity contribution in [3.8, 4) is 0 Å². The van der Waals surface area contributed by atoms with Gasteiger partial charge >= 0.3 is 0 Å². The fourth-order valence-corrected chi connectivity index (χ4v) is 2.82. The number of hydrogen-bond donors (Lipinski definition) is 1. The number of allylic oxidation sites excluding steroid dienone is 5. The molecule has 0 unspecified atom stereocenters. The van der Waals surface area contributed by atoms with Gasteiger partial charge in [0.25, 0.3) is 0 Å². The van der Waals surface area contributed by atoms with Crippen LogP contribution in [-0.2, 0) is 0 Å². The summed E-state index contributed by atoms with van der Waals surface area (Å²) in [6.45, 7) is 4.44. The average Bonchev–Trinajstić information content (AvgIpc) is 3.25. The second-order valence-electron chi connectivity index (χ2n) is 6.72. The molecule has 0 heterocycles. The quantitative estimate of drug-likeness (QED) is 0.244. The Morgan fingerprint density at radius 2 is 1.64 bits per heavy atom. The SMILES string of the molecule is CCCC/C=C\C[C@@H]1C[C@@H]1C/C=C\C=C\[C@@H](O)CCCCC. The van der Waals surface area contributed by atoms with Crippen LogP contribution < -0.4 is 0 Å². The summed E-state index contributed by atoms with van der Waals surface area (Å²) in [5, 5.41) is 9.77. The van der Waals surface area contributed by atoms with Crippen LogP contribution in [0.1, 0.15) is 78.1 Å².